The highest BCUT2D eigenvalue weighted by atomic mass is 35.5. The summed E-state index contributed by atoms with van der Waals surface area (Å²) >= 11 is 7.46. The van der Waals surface area contributed by atoms with Crippen LogP contribution in [0, 0.1) is 5.92 Å². The van der Waals surface area contributed by atoms with Gasteiger partial charge in [0.25, 0.3) is 0 Å². The third-order valence-corrected chi connectivity index (χ3v) is 3.90. The topological polar surface area (TPSA) is 49.3 Å². The van der Waals surface area contributed by atoms with E-state index in [-0.39, 0.29) is 12.5 Å². The molecule has 1 unspecified atom stereocenters. The van der Waals surface area contributed by atoms with Crippen LogP contribution in [0.25, 0.3) is 0 Å². The maximum Gasteiger partial charge on any atom is 0.230 e. The number of carbonyl (C=O) groups excluding carboxylic acids is 1. The molecular weight excluding hydrogens is 282 g/mol. The molecule has 1 aromatic rings. The molecule has 1 aromatic carbocycles. The molecule has 2 N–H and O–H groups in total. The summed E-state index contributed by atoms with van der Waals surface area (Å²) in [5, 5.41) is 12.4. The van der Waals surface area contributed by atoms with E-state index in [0.717, 1.165) is 22.8 Å². The Morgan fingerprint density at radius 2 is 2.32 bits per heavy atom. The lowest BCUT2D eigenvalue weighted by molar-refractivity contribution is -0.118. The number of benzene rings is 1. The highest BCUT2D eigenvalue weighted by molar-refractivity contribution is 7.99. The van der Waals surface area contributed by atoms with Crippen molar-refractivity contribution in [2.45, 2.75) is 19.1 Å². The molecule has 5 heteroatoms. The highest BCUT2D eigenvalue weighted by Gasteiger charge is 2.05. The molecule has 0 fully saturated rings. The van der Waals surface area contributed by atoms with E-state index in [4.69, 9.17) is 16.7 Å². The van der Waals surface area contributed by atoms with Gasteiger partial charge in [-0.25, -0.2) is 0 Å². The second-order valence-corrected chi connectivity index (χ2v) is 5.97. The molecule has 19 heavy (non-hydrogen) atoms. The van der Waals surface area contributed by atoms with Gasteiger partial charge < -0.3 is 10.4 Å². The second kappa shape index (κ2) is 9.23. The predicted molar refractivity (Wildman–Crippen MR) is 81.5 cm³/mol. The van der Waals surface area contributed by atoms with E-state index in [1.54, 1.807) is 11.8 Å². The number of aliphatic hydroxyl groups is 1. The van der Waals surface area contributed by atoms with Crippen molar-refractivity contribution in [3.63, 3.8) is 0 Å². The molecule has 3 nitrogen and oxygen atoms in total. The monoisotopic (exact) mass is 301 g/mol. The lowest BCUT2D eigenvalue weighted by Gasteiger charge is -2.10. The normalized spacial score (nSPS) is 12.2. The number of nitrogens with one attached hydrogen (secondary N) is 1. The molecule has 0 bridgehead atoms. The standard InChI is InChI=1S/C14H20ClNO2S/c1-11(5-6-17)8-16-14(18)10-19-9-12-3-2-4-13(15)7-12/h2-4,7,11,17H,5-6,8-10H2,1H3,(H,16,18). The van der Waals surface area contributed by atoms with Crippen LogP contribution in [0.15, 0.2) is 24.3 Å². The molecule has 0 heterocycles. The fourth-order valence-corrected chi connectivity index (χ4v) is 2.57. The number of hydrogen-bond acceptors (Lipinski definition) is 3. The van der Waals surface area contributed by atoms with Crippen LogP contribution in [0.5, 0.6) is 0 Å². The Morgan fingerprint density at radius 1 is 1.53 bits per heavy atom. The molecule has 0 saturated carbocycles. The van der Waals surface area contributed by atoms with Crippen molar-refractivity contribution in [3.05, 3.63) is 34.9 Å². The zero-order chi connectivity index (χ0) is 14.1. The van der Waals surface area contributed by atoms with Gasteiger partial charge in [-0.05, 0) is 30.0 Å². The van der Waals surface area contributed by atoms with Crippen molar-refractivity contribution in [3.8, 4) is 0 Å². The number of rotatable bonds is 8. The third kappa shape index (κ3) is 7.45. The summed E-state index contributed by atoms with van der Waals surface area (Å²) in [6, 6.07) is 7.66. The average Bonchev–Trinajstić information content (AvgIpc) is 2.37. The molecular formula is C14H20ClNO2S. The Hall–Kier alpha value is -0.710. The Bertz CT molecular complexity index is 401. The summed E-state index contributed by atoms with van der Waals surface area (Å²) in [6.07, 6.45) is 0.718. The van der Waals surface area contributed by atoms with Crippen molar-refractivity contribution >= 4 is 29.3 Å². The number of aliphatic hydroxyl groups excluding tert-OH is 1. The van der Waals surface area contributed by atoms with E-state index in [9.17, 15) is 4.79 Å². The van der Waals surface area contributed by atoms with Gasteiger partial charge in [0.05, 0.1) is 5.75 Å². The van der Waals surface area contributed by atoms with E-state index in [1.165, 1.54) is 0 Å². The summed E-state index contributed by atoms with van der Waals surface area (Å²) < 4.78 is 0. The molecule has 0 aliphatic carbocycles. The molecule has 106 valence electrons. The van der Waals surface area contributed by atoms with Gasteiger partial charge in [0.2, 0.25) is 5.91 Å². The Morgan fingerprint density at radius 3 is 3.00 bits per heavy atom. The van der Waals surface area contributed by atoms with Crippen molar-refractivity contribution in [2.24, 2.45) is 5.92 Å². The summed E-state index contributed by atoms with van der Waals surface area (Å²) in [4.78, 5) is 11.6. The van der Waals surface area contributed by atoms with Crippen LogP contribution in [-0.2, 0) is 10.5 Å². The van der Waals surface area contributed by atoms with Gasteiger partial charge in [0.15, 0.2) is 0 Å². The fraction of sp³-hybridized carbons (Fsp3) is 0.500. The summed E-state index contributed by atoms with van der Waals surface area (Å²) in [7, 11) is 0. The first-order valence-corrected chi connectivity index (χ1v) is 7.85. The van der Waals surface area contributed by atoms with Crippen molar-refractivity contribution < 1.29 is 9.90 Å². The largest absolute Gasteiger partial charge is 0.396 e. The minimum atomic E-state index is 0.0387. The van der Waals surface area contributed by atoms with Gasteiger partial charge in [-0.3, -0.25) is 4.79 Å². The summed E-state index contributed by atoms with van der Waals surface area (Å²) in [5.41, 5.74) is 1.12. The van der Waals surface area contributed by atoms with Gasteiger partial charge in [0.1, 0.15) is 0 Å². The van der Waals surface area contributed by atoms with Crippen molar-refractivity contribution in [1.29, 1.82) is 0 Å². The minimum absolute atomic E-state index is 0.0387. The van der Waals surface area contributed by atoms with Gasteiger partial charge in [-0.1, -0.05) is 30.7 Å². The molecule has 1 amide bonds. The van der Waals surface area contributed by atoms with E-state index in [0.29, 0.717) is 18.2 Å². The SMILES string of the molecule is CC(CCO)CNC(=O)CSCc1cccc(Cl)c1. The summed E-state index contributed by atoms with van der Waals surface area (Å²) in [6.45, 7) is 2.80. The second-order valence-electron chi connectivity index (χ2n) is 4.54. The van der Waals surface area contributed by atoms with Crippen molar-refractivity contribution in [2.75, 3.05) is 18.9 Å². The lowest BCUT2D eigenvalue weighted by atomic mass is 10.1. The number of thioether (sulfide) groups is 1. The third-order valence-electron chi connectivity index (χ3n) is 2.66. The van der Waals surface area contributed by atoms with Crippen molar-refractivity contribution in [1.82, 2.24) is 5.32 Å². The average molecular weight is 302 g/mol. The zero-order valence-corrected chi connectivity index (χ0v) is 12.6. The van der Waals surface area contributed by atoms with Gasteiger partial charge in [0, 0.05) is 23.9 Å². The molecule has 0 aromatic heterocycles. The van der Waals surface area contributed by atoms with Crippen LogP contribution in [-0.4, -0.2) is 29.9 Å². The highest BCUT2D eigenvalue weighted by Crippen LogP contribution is 2.16. The number of halogens is 1. The predicted octanol–water partition coefficient (Wildman–Crippen LogP) is 2.71. The maximum absolute atomic E-state index is 11.6. The van der Waals surface area contributed by atoms with Crippen LogP contribution in [0.4, 0.5) is 0 Å². The van der Waals surface area contributed by atoms with E-state index in [1.807, 2.05) is 31.2 Å². The zero-order valence-electron chi connectivity index (χ0n) is 11.1. The fourth-order valence-electron chi connectivity index (χ4n) is 1.55. The van der Waals surface area contributed by atoms with Crippen LogP contribution >= 0.6 is 23.4 Å². The smallest absolute Gasteiger partial charge is 0.230 e. The Balaban J connectivity index is 2.17. The van der Waals surface area contributed by atoms with Gasteiger partial charge >= 0.3 is 0 Å². The van der Waals surface area contributed by atoms with Gasteiger partial charge in [-0.2, -0.15) is 0 Å². The number of hydrogen-bond donors (Lipinski definition) is 2. The van der Waals surface area contributed by atoms with Gasteiger partial charge in [-0.15, -0.1) is 11.8 Å². The van der Waals surface area contributed by atoms with E-state index >= 15 is 0 Å². The first-order chi connectivity index (χ1) is 9.11. The molecule has 0 spiro atoms. The summed E-state index contributed by atoms with van der Waals surface area (Å²) in [5.74, 6) is 1.57. The Labute approximate surface area is 123 Å². The van der Waals surface area contributed by atoms with Crippen LogP contribution in [0.1, 0.15) is 18.9 Å². The number of carbonyl (C=O) groups is 1. The maximum atomic E-state index is 11.6. The lowest BCUT2D eigenvalue weighted by Crippen LogP contribution is -2.30. The molecule has 1 rings (SSSR count). The Kier molecular flexibility index (Phi) is 7.94. The van der Waals surface area contributed by atoms with Crippen LogP contribution in [0.2, 0.25) is 5.02 Å². The molecule has 0 aliphatic heterocycles. The quantitative estimate of drug-likeness (QED) is 0.776. The minimum Gasteiger partial charge on any atom is -0.396 e. The number of amides is 1. The van der Waals surface area contributed by atoms with Crippen LogP contribution < -0.4 is 5.32 Å². The molecule has 0 saturated heterocycles. The van der Waals surface area contributed by atoms with E-state index < -0.39 is 0 Å². The van der Waals surface area contributed by atoms with Crippen LogP contribution in [0.3, 0.4) is 0 Å². The first-order valence-electron chi connectivity index (χ1n) is 6.31. The van der Waals surface area contributed by atoms with E-state index in [2.05, 4.69) is 5.32 Å². The molecule has 0 radical (unpaired) electrons. The molecule has 1 atom stereocenters. The first kappa shape index (κ1) is 16.3. The molecule has 0 aliphatic rings.